The molecule has 0 aliphatic carbocycles. The third-order valence-corrected chi connectivity index (χ3v) is 5.57. The molecule has 0 bridgehead atoms. The van der Waals surface area contributed by atoms with Crippen LogP contribution in [0.3, 0.4) is 0 Å². The van der Waals surface area contributed by atoms with Crippen LogP contribution in [0.1, 0.15) is 28.8 Å². The van der Waals surface area contributed by atoms with E-state index in [0.29, 0.717) is 49.7 Å². The van der Waals surface area contributed by atoms with Crippen LogP contribution in [-0.4, -0.2) is 47.9 Å². The lowest BCUT2D eigenvalue weighted by atomic mass is 10.0. The molecule has 1 N–H and O–H groups in total. The molecule has 6 nitrogen and oxygen atoms in total. The van der Waals surface area contributed by atoms with Crippen molar-refractivity contribution in [3.63, 3.8) is 0 Å². The number of hydrogen-bond acceptors (Lipinski definition) is 5. The fourth-order valence-corrected chi connectivity index (χ4v) is 3.72. The van der Waals surface area contributed by atoms with Gasteiger partial charge in [0.05, 0.1) is 30.7 Å². The first-order chi connectivity index (χ1) is 13.1. The Labute approximate surface area is 163 Å². The summed E-state index contributed by atoms with van der Waals surface area (Å²) in [5, 5.41) is 3.99. The van der Waals surface area contributed by atoms with Crippen molar-refractivity contribution in [3.8, 4) is 0 Å². The minimum absolute atomic E-state index is 0.0261. The van der Waals surface area contributed by atoms with Crippen molar-refractivity contribution in [1.82, 2.24) is 9.88 Å². The molecule has 2 aliphatic heterocycles. The lowest BCUT2D eigenvalue weighted by molar-refractivity contribution is -0.181. The third kappa shape index (κ3) is 3.78. The summed E-state index contributed by atoms with van der Waals surface area (Å²) in [6, 6.07) is 7.50. The second-order valence-corrected chi connectivity index (χ2v) is 7.31. The van der Waals surface area contributed by atoms with E-state index in [2.05, 4.69) is 10.3 Å². The predicted octanol–water partition coefficient (Wildman–Crippen LogP) is 3.77. The molecule has 0 unspecified atom stereocenters. The summed E-state index contributed by atoms with van der Waals surface area (Å²) in [4.78, 5) is 18.9. The zero-order valence-electron chi connectivity index (χ0n) is 15.2. The van der Waals surface area contributed by atoms with E-state index in [1.54, 1.807) is 12.4 Å². The molecule has 1 aromatic heterocycles. The van der Waals surface area contributed by atoms with Gasteiger partial charge >= 0.3 is 0 Å². The number of ether oxygens (including phenoxy) is 2. The predicted molar refractivity (Wildman–Crippen MR) is 103 cm³/mol. The first-order valence-electron chi connectivity index (χ1n) is 9.11. The van der Waals surface area contributed by atoms with Crippen molar-refractivity contribution >= 4 is 28.9 Å². The number of hydrogen-bond donors (Lipinski definition) is 1. The summed E-state index contributed by atoms with van der Waals surface area (Å²) in [5.41, 5.74) is 3.16. The Morgan fingerprint density at radius 3 is 2.70 bits per heavy atom. The van der Waals surface area contributed by atoms with Crippen molar-refractivity contribution in [1.29, 1.82) is 0 Å². The summed E-state index contributed by atoms with van der Waals surface area (Å²) in [7, 11) is 0. The molecule has 3 heterocycles. The van der Waals surface area contributed by atoms with Crippen LogP contribution in [0.5, 0.6) is 0 Å². The van der Waals surface area contributed by atoms with Crippen molar-refractivity contribution in [2.75, 3.05) is 31.6 Å². The molecule has 1 spiro atoms. The highest BCUT2D eigenvalue weighted by Gasteiger charge is 2.40. The Morgan fingerprint density at radius 2 is 1.96 bits per heavy atom. The summed E-state index contributed by atoms with van der Waals surface area (Å²) >= 11 is 6.18. The fourth-order valence-electron chi connectivity index (χ4n) is 3.54. The number of piperidine rings is 1. The van der Waals surface area contributed by atoms with Crippen LogP contribution in [0.4, 0.5) is 11.4 Å². The van der Waals surface area contributed by atoms with Gasteiger partial charge in [0, 0.05) is 42.8 Å². The van der Waals surface area contributed by atoms with Crippen LogP contribution in [0.2, 0.25) is 5.02 Å². The van der Waals surface area contributed by atoms with Crippen LogP contribution in [0.25, 0.3) is 0 Å². The topological polar surface area (TPSA) is 63.7 Å². The van der Waals surface area contributed by atoms with Gasteiger partial charge in [0.25, 0.3) is 5.91 Å². The second-order valence-electron chi connectivity index (χ2n) is 6.90. The summed E-state index contributed by atoms with van der Waals surface area (Å²) in [6.45, 7) is 4.45. The number of pyridine rings is 1. The normalized spacial score (nSPS) is 18.7. The molecule has 7 heteroatoms. The van der Waals surface area contributed by atoms with Crippen molar-refractivity contribution < 1.29 is 14.3 Å². The maximum Gasteiger partial charge on any atom is 0.255 e. The van der Waals surface area contributed by atoms with Gasteiger partial charge in [-0.25, -0.2) is 0 Å². The highest BCUT2D eigenvalue weighted by molar-refractivity contribution is 6.31. The van der Waals surface area contributed by atoms with Gasteiger partial charge in [0.1, 0.15) is 0 Å². The number of nitrogens with one attached hydrogen (secondary N) is 1. The van der Waals surface area contributed by atoms with Crippen LogP contribution in [-0.2, 0) is 9.47 Å². The number of halogens is 1. The molecule has 142 valence electrons. The van der Waals surface area contributed by atoms with Crippen molar-refractivity contribution in [2.45, 2.75) is 25.6 Å². The first-order valence-corrected chi connectivity index (χ1v) is 9.48. The summed E-state index contributed by atoms with van der Waals surface area (Å²) in [5.74, 6) is -0.510. The van der Waals surface area contributed by atoms with Gasteiger partial charge in [-0.2, -0.15) is 0 Å². The van der Waals surface area contributed by atoms with E-state index >= 15 is 0 Å². The number of carbonyl (C=O) groups is 1. The first kappa shape index (κ1) is 18.2. The number of amides is 1. The van der Waals surface area contributed by atoms with Crippen LogP contribution in [0, 0.1) is 6.92 Å². The monoisotopic (exact) mass is 387 g/mol. The van der Waals surface area contributed by atoms with Gasteiger partial charge in [-0.3, -0.25) is 9.78 Å². The Hall–Kier alpha value is -2.15. The highest BCUT2D eigenvalue weighted by atomic mass is 35.5. The lowest BCUT2D eigenvalue weighted by Gasteiger charge is -2.37. The molecule has 0 radical (unpaired) electrons. The molecule has 1 aromatic carbocycles. The minimum Gasteiger partial charge on any atom is -0.354 e. The molecular weight excluding hydrogens is 366 g/mol. The minimum atomic E-state index is -0.484. The molecule has 2 saturated heterocycles. The Kier molecular flexibility index (Phi) is 5.04. The average Bonchev–Trinajstić information content (AvgIpc) is 3.14. The molecule has 27 heavy (non-hydrogen) atoms. The number of likely N-dealkylation sites (tertiary alicyclic amines) is 1. The summed E-state index contributed by atoms with van der Waals surface area (Å²) in [6.07, 6.45) is 4.70. The summed E-state index contributed by atoms with van der Waals surface area (Å²) < 4.78 is 11.5. The molecule has 0 atom stereocenters. The molecule has 1 amide bonds. The largest absolute Gasteiger partial charge is 0.354 e. The fraction of sp³-hybridized carbons (Fsp3) is 0.400. The van der Waals surface area contributed by atoms with E-state index in [1.165, 1.54) is 0 Å². The van der Waals surface area contributed by atoms with E-state index < -0.39 is 5.79 Å². The quantitative estimate of drug-likeness (QED) is 0.868. The van der Waals surface area contributed by atoms with Crippen LogP contribution < -0.4 is 5.32 Å². The van der Waals surface area contributed by atoms with Crippen molar-refractivity contribution in [2.24, 2.45) is 0 Å². The smallest absolute Gasteiger partial charge is 0.255 e. The van der Waals surface area contributed by atoms with Gasteiger partial charge in [0.2, 0.25) is 0 Å². The van der Waals surface area contributed by atoms with E-state index in [1.807, 2.05) is 36.1 Å². The zero-order valence-corrected chi connectivity index (χ0v) is 16.0. The van der Waals surface area contributed by atoms with Crippen molar-refractivity contribution in [3.05, 3.63) is 52.8 Å². The second kappa shape index (κ2) is 7.46. The Bertz CT molecular complexity index is 842. The van der Waals surface area contributed by atoms with E-state index in [-0.39, 0.29) is 5.91 Å². The maximum absolute atomic E-state index is 12.9. The third-order valence-electron chi connectivity index (χ3n) is 5.16. The van der Waals surface area contributed by atoms with Gasteiger partial charge < -0.3 is 19.7 Å². The molecule has 2 aromatic rings. The molecule has 4 rings (SSSR count). The van der Waals surface area contributed by atoms with Gasteiger partial charge in [-0.1, -0.05) is 17.7 Å². The number of aromatic nitrogens is 1. The number of nitrogens with zero attached hydrogens (tertiary/aromatic N) is 2. The van der Waals surface area contributed by atoms with E-state index in [4.69, 9.17) is 21.1 Å². The van der Waals surface area contributed by atoms with Crippen LogP contribution >= 0.6 is 11.6 Å². The molecule has 2 aliphatic rings. The lowest BCUT2D eigenvalue weighted by Crippen LogP contribution is -2.47. The standard InChI is InChI=1S/C20H22ClN3O3/c1-14-17(21)3-2-4-18(14)23-16-11-15(12-22-13-16)19(25)24-7-5-20(6-8-24)26-9-10-27-20/h2-4,11-13,23H,5-10H2,1H3. The Balaban J connectivity index is 1.46. The van der Waals surface area contributed by atoms with E-state index in [9.17, 15) is 4.79 Å². The average molecular weight is 388 g/mol. The SMILES string of the molecule is Cc1c(Cl)cccc1Nc1cncc(C(=O)N2CCC3(CC2)OCCO3)c1. The number of anilines is 2. The van der Waals surface area contributed by atoms with Crippen LogP contribution in [0.15, 0.2) is 36.7 Å². The van der Waals surface area contributed by atoms with E-state index in [0.717, 1.165) is 16.9 Å². The number of carbonyl (C=O) groups excluding carboxylic acids is 1. The Morgan fingerprint density at radius 1 is 1.22 bits per heavy atom. The zero-order chi connectivity index (χ0) is 18.9. The van der Waals surface area contributed by atoms with Gasteiger partial charge in [-0.05, 0) is 30.7 Å². The molecule has 2 fully saturated rings. The van der Waals surface area contributed by atoms with Gasteiger partial charge in [-0.15, -0.1) is 0 Å². The number of benzene rings is 1. The number of rotatable bonds is 3. The molecule has 0 saturated carbocycles. The maximum atomic E-state index is 12.9. The highest BCUT2D eigenvalue weighted by Crippen LogP contribution is 2.32. The van der Waals surface area contributed by atoms with Gasteiger partial charge in [0.15, 0.2) is 5.79 Å². The molecular formula is C20H22ClN3O3.